The molecule has 0 bridgehead atoms. The zero-order valence-electron chi connectivity index (χ0n) is 21.4. The monoisotopic (exact) mass is 493 g/mol. The van der Waals surface area contributed by atoms with Crippen LogP contribution in [0.5, 0.6) is 0 Å². The van der Waals surface area contributed by atoms with Crippen molar-refractivity contribution in [3.05, 3.63) is 82.9 Å². The third-order valence-electron chi connectivity index (χ3n) is 6.38. The Morgan fingerprint density at radius 2 is 2.03 bits per heavy atom. The van der Waals surface area contributed by atoms with Gasteiger partial charge in [-0.2, -0.15) is 0 Å². The highest BCUT2D eigenvalue weighted by atomic mass is 16.5. The SMILES string of the molecule is COC/C(N)=C/N(N)C1=C(C(=O)N2CCCC2C(=O)NC/C2=C/C=C(/C)CC=CCC2)C=CCC=C1. The van der Waals surface area contributed by atoms with Gasteiger partial charge in [0.25, 0.3) is 5.91 Å². The molecule has 36 heavy (non-hydrogen) atoms. The minimum atomic E-state index is -0.513. The molecule has 0 spiro atoms. The molecule has 0 radical (unpaired) electrons. The Hall–Kier alpha value is -3.36. The molecule has 3 aliphatic rings. The van der Waals surface area contributed by atoms with Crippen LogP contribution in [0.25, 0.3) is 0 Å². The van der Waals surface area contributed by atoms with Crippen molar-refractivity contribution in [3.63, 3.8) is 0 Å². The molecule has 1 atom stereocenters. The van der Waals surface area contributed by atoms with Crippen molar-refractivity contribution < 1.29 is 14.3 Å². The Morgan fingerprint density at radius 3 is 2.83 bits per heavy atom. The van der Waals surface area contributed by atoms with Crippen LogP contribution in [-0.4, -0.2) is 54.6 Å². The van der Waals surface area contributed by atoms with E-state index >= 15 is 0 Å². The van der Waals surface area contributed by atoms with Gasteiger partial charge in [-0.1, -0.05) is 53.7 Å². The van der Waals surface area contributed by atoms with Crippen LogP contribution in [0.2, 0.25) is 0 Å². The molecular formula is C28H39N5O3. The molecule has 8 nitrogen and oxygen atoms in total. The van der Waals surface area contributed by atoms with E-state index in [1.165, 1.54) is 16.2 Å². The summed E-state index contributed by atoms with van der Waals surface area (Å²) in [6, 6.07) is -0.513. The Bertz CT molecular complexity index is 1030. The minimum Gasteiger partial charge on any atom is -0.399 e. The van der Waals surface area contributed by atoms with Crippen molar-refractivity contribution in [1.29, 1.82) is 0 Å². The van der Waals surface area contributed by atoms with Gasteiger partial charge in [-0.25, -0.2) is 5.84 Å². The van der Waals surface area contributed by atoms with Crippen LogP contribution >= 0.6 is 0 Å². The number of nitrogens with one attached hydrogen (secondary N) is 1. The fraction of sp³-hybridized carbons (Fsp3) is 0.429. The molecule has 194 valence electrons. The molecule has 3 rings (SSSR count). The lowest BCUT2D eigenvalue weighted by Crippen LogP contribution is -2.47. The van der Waals surface area contributed by atoms with Crippen molar-refractivity contribution in [2.24, 2.45) is 11.6 Å². The van der Waals surface area contributed by atoms with Gasteiger partial charge < -0.3 is 20.7 Å². The first-order valence-electron chi connectivity index (χ1n) is 12.6. The summed E-state index contributed by atoms with van der Waals surface area (Å²) >= 11 is 0. The zero-order valence-corrected chi connectivity index (χ0v) is 21.4. The number of nitrogens with zero attached hydrogens (tertiary/aromatic N) is 2. The summed E-state index contributed by atoms with van der Waals surface area (Å²) in [4.78, 5) is 28.5. The van der Waals surface area contributed by atoms with Gasteiger partial charge in [0.15, 0.2) is 0 Å². The molecule has 1 fully saturated rings. The first-order valence-corrected chi connectivity index (χ1v) is 12.6. The second-order valence-electron chi connectivity index (χ2n) is 9.31. The van der Waals surface area contributed by atoms with Crippen molar-refractivity contribution in [2.75, 3.05) is 26.8 Å². The van der Waals surface area contributed by atoms with Gasteiger partial charge in [0.1, 0.15) is 6.04 Å². The summed E-state index contributed by atoms with van der Waals surface area (Å²) in [5, 5.41) is 4.41. The summed E-state index contributed by atoms with van der Waals surface area (Å²) in [5.41, 5.74) is 9.79. The van der Waals surface area contributed by atoms with Gasteiger partial charge in [0, 0.05) is 26.4 Å². The van der Waals surface area contributed by atoms with Crippen LogP contribution in [0, 0.1) is 0 Å². The van der Waals surface area contributed by atoms with E-state index in [-0.39, 0.29) is 18.4 Å². The number of ether oxygens (including phenoxy) is 1. The number of carbonyl (C=O) groups excluding carboxylic acids is 2. The molecule has 0 aromatic heterocycles. The van der Waals surface area contributed by atoms with Gasteiger partial charge in [0.05, 0.1) is 23.6 Å². The van der Waals surface area contributed by atoms with Crippen molar-refractivity contribution in [1.82, 2.24) is 15.2 Å². The number of carbonyl (C=O) groups is 2. The maximum atomic E-state index is 13.7. The van der Waals surface area contributed by atoms with E-state index in [9.17, 15) is 9.59 Å². The number of rotatable bonds is 8. The van der Waals surface area contributed by atoms with E-state index in [1.807, 2.05) is 18.2 Å². The van der Waals surface area contributed by atoms with Crippen molar-refractivity contribution in [3.8, 4) is 0 Å². The Kier molecular flexibility index (Phi) is 10.3. The third-order valence-corrected chi connectivity index (χ3v) is 6.38. The van der Waals surface area contributed by atoms with Crippen LogP contribution in [0.1, 0.15) is 45.4 Å². The quantitative estimate of drug-likeness (QED) is 0.272. The lowest BCUT2D eigenvalue weighted by Gasteiger charge is -2.26. The third kappa shape index (κ3) is 7.57. The summed E-state index contributed by atoms with van der Waals surface area (Å²) in [7, 11) is 1.55. The number of likely N-dealkylation sites (tertiary alicyclic amines) is 1. The number of allylic oxidation sites excluding steroid dienone is 8. The van der Waals surface area contributed by atoms with E-state index in [2.05, 4.69) is 36.5 Å². The van der Waals surface area contributed by atoms with Crippen LogP contribution < -0.4 is 16.9 Å². The van der Waals surface area contributed by atoms with Gasteiger partial charge >= 0.3 is 0 Å². The molecule has 2 aliphatic carbocycles. The Balaban J connectivity index is 1.75. The molecule has 1 saturated heterocycles. The van der Waals surface area contributed by atoms with E-state index in [0.29, 0.717) is 42.9 Å². The lowest BCUT2D eigenvalue weighted by atomic mass is 10.1. The maximum absolute atomic E-state index is 13.7. The molecule has 5 N–H and O–H groups in total. The van der Waals surface area contributed by atoms with Gasteiger partial charge in [-0.05, 0) is 51.5 Å². The molecule has 0 saturated carbocycles. The highest BCUT2D eigenvalue weighted by Gasteiger charge is 2.35. The maximum Gasteiger partial charge on any atom is 0.256 e. The Morgan fingerprint density at radius 1 is 1.22 bits per heavy atom. The minimum absolute atomic E-state index is 0.123. The number of nitrogens with two attached hydrogens (primary N) is 2. The van der Waals surface area contributed by atoms with Crippen molar-refractivity contribution >= 4 is 11.8 Å². The van der Waals surface area contributed by atoms with E-state index in [0.717, 1.165) is 25.7 Å². The standard InChI is InChI=1S/C28H39N5O3/c1-21-10-5-3-6-11-22(16-15-21)18-31-27(34)26-14-9-17-32(26)28(35)24-12-7-4-8-13-25(24)33(30)19-23(29)20-36-2/h3,5,7-8,12-13,15-16,19,26H,4,6,9-11,14,17-18,20,29-30H2,1-2H3,(H,31,34)/b5-3?,21-15-,22-16+,23-19-. The smallest absolute Gasteiger partial charge is 0.256 e. The van der Waals surface area contributed by atoms with Gasteiger partial charge in [0.2, 0.25) is 5.91 Å². The largest absolute Gasteiger partial charge is 0.399 e. The predicted molar refractivity (Wildman–Crippen MR) is 143 cm³/mol. The van der Waals surface area contributed by atoms with E-state index in [4.69, 9.17) is 16.3 Å². The number of hydrazine groups is 1. The first-order chi connectivity index (χ1) is 17.4. The summed E-state index contributed by atoms with van der Waals surface area (Å²) in [6.45, 7) is 3.33. The molecule has 2 amide bonds. The fourth-order valence-electron chi connectivity index (χ4n) is 4.45. The summed E-state index contributed by atoms with van der Waals surface area (Å²) < 4.78 is 5.05. The average molecular weight is 494 g/mol. The predicted octanol–water partition coefficient (Wildman–Crippen LogP) is 3.10. The molecule has 1 unspecified atom stereocenters. The number of methoxy groups -OCH3 is 1. The molecule has 1 aliphatic heterocycles. The summed E-state index contributed by atoms with van der Waals surface area (Å²) in [6.07, 6.45) is 22.4. The summed E-state index contributed by atoms with van der Waals surface area (Å²) in [5.74, 6) is 5.92. The fourth-order valence-corrected chi connectivity index (χ4v) is 4.45. The number of hydrogen-bond donors (Lipinski definition) is 3. The van der Waals surface area contributed by atoms with Gasteiger partial charge in [-0.15, -0.1) is 0 Å². The molecular weight excluding hydrogens is 454 g/mol. The van der Waals surface area contributed by atoms with E-state index < -0.39 is 6.04 Å². The van der Waals surface area contributed by atoms with Crippen LogP contribution in [-0.2, 0) is 14.3 Å². The number of hydrogen-bond acceptors (Lipinski definition) is 6. The van der Waals surface area contributed by atoms with Crippen LogP contribution in [0.3, 0.4) is 0 Å². The molecule has 0 aromatic carbocycles. The molecule has 8 heteroatoms. The second-order valence-corrected chi connectivity index (χ2v) is 9.31. The van der Waals surface area contributed by atoms with Crippen molar-refractivity contribution in [2.45, 2.75) is 51.5 Å². The van der Waals surface area contributed by atoms with E-state index in [1.54, 1.807) is 24.3 Å². The van der Waals surface area contributed by atoms with Crippen LogP contribution in [0.4, 0.5) is 0 Å². The molecule has 0 aromatic rings. The van der Waals surface area contributed by atoms with Crippen LogP contribution in [0.15, 0.2) is 82.9 Å². The number of amides is 2. The molecule has 1 heterocycles. The highest BCUT2D eigenvalue weighted by molar-refractivity contribution is 6.00. The lowest BCUT2D eigenvalue weighted by molar-refractivity contribution is -0.135. The normalized spacial score (nSPS) is 23.7. The van der Waals surface area contributed by atoms with Gasteiger partial charge in [-0.3, -0.25) is 14.6 Å². The Labute approximate surface area is 214 Å². The highest BCUT2D eigenvalue weighted by Crippen LogP contribution is 2.25. The first kappa shape index (κ1) is 27.2. The second kappa shape index (κ2) is 13.7. The topological polar surface area (TPSA) is 114 Å². The zero-order chi connectivity index (χ0) is 25.9. The average Bonchev–Trinajstić information content (AvgIpc) is 3.25.